The molecule has 1 N–H and O–H groups in total. The van der Waals surface area contributed by atoms with E-state index in [9.17, 15) is 0 Å². The summed E-state index contributed by atoms with van der Waals surface area (Å²) in [6, 6.07) is 2.01. The van der Waals surface area contributed by atoms with Crippen LogP contribution in [0.15, 0.2) is 18.5 Å². The van der Waals surface area contributed by atoms with Crippen LogP contribution in [0.2, 0.25) is 0 Å². The van der Waals surface area contributed by atoms with Crippen molar-refractivity contribution >= 4 is 12.9 Å². The van der Waals surface area contributed by atoms with Crippen LogP contribution in [0.5, 0.6) is 0 Å². The van der Waals surface area contributed by atoms with Crippen LogP contribution < -0.4 is 5.46 Å². The molecule has 1 heterocycles. The van der Waals surface area contributed by atoms with E-state index < -0.39 is 0 Å². The maximum absolute atomic E-state index is 8.94. The minimum absolute atomic E-state index is 0.801. The highest BCUT2D eigenvalue weighted by Crippen LogP contribution is 2.11. The quantitative estimate of drug-likeness (QED) is 0.465. The Kier molecular flexibility index (Phi) is 10.3. The average Bonchev–Trinajstić information content (AvgIpc) is 2.49. The normalized spacial score (nSPS) is 10.7. The van der Waals surface area contributed by atoms with Gasteiger partial charge >= 0.3 is 7.48 Å². The third-order valence-electron chi connectivity index (χ3n) is 3.78. The zero-order chi connectivity index (χ0) is 14.5. The highest BCUT2D eigenvalue weighted by molar-refractivity contribution is 6.45. The first kappa shape index (κ1) is 17.2. The molecule has 1 aromatic heterocycles. The zero-order valence-electron chi connectivity index (χ0n) is 13.0. The minimum atomic E-state index is 0.801. The molecular formula is C17H29BNO. The Morgan fingerprint density at radius 1 is 0.900 bits per heavy atom. The summed E-state index contributed by atoms with van der Waals surface area (Å²) < 4.78 is 0. The first-order valence-electron chi connectivity index (χ1n) is 8.28. The van der Waals surface area contributed by atoms with Crippen LogP contribution in [-0.2, 0) is 6.42 Å². The van der Waals surface area contributed by atoms with Crippen molar-refractivity contribution in [1.29, 1.82) is 0 Å². The van der Waals surface area contributed by atoms with Gasteiger partial charge in [0.25, 0.3) is 0 Å². The van der Waals surface area contributed by atoms with Gasteiger partial charge in [0, 0.05) is 12.4 Å². The summed E-state index contributed by atoms with van der Waals surface area (Å²) in [6.45, 7) is 2.27. The van der Waals surface area contributed by atoms with E-state index >= 15 is 0 Å². The monoisotopic (exact) mass is 274 g/mol. The Morgan fingerprint density at radius 3 is 2.10 bits per heavy atom. The van der Waals surface area contributed by atoms with Crippen LogP contribution in [-0.4, -0.2) is 17.5 Å². The number of unbranched alkanes of at least 4 members (excludes halogenated alkanes) is 9. The molecule has 1 aromatic rings. The lowest BCUT2D eigenvalue weighted by atomic mass is 9.89. The number of nitrogens with zero attached hydrogens (tertiary/aromatic N) is 1. The van der Waals surface area contributed by atoms with E-state index in [1.807, 2.05) is 12.3 Å². The molecule has 0 atom stereocenters. The molecule has 1 rings (SSSR count). The Hall–Kier alpha value is -0.825. The van der Waals surface area contributed by atoms with Crippen LogP contribution in [0.3, 0.4) is 0 Å². The lowest BCUT2D eigenvalue weighted by Crippen LogP contribution is -2.14. The molecule has 3 heteroatoms. The number of aryl methyl sites for hydroxylation is 1. The van der Waals surface area contributed by atoms with Crippen LogP contribution >= 0.6 is 0 Å². The second-order valence-electron chi connectivity index (χ2n) is 5.69. The predicted octanol–water partition coefficient (Wildman–Crippen LogP) is 3.78. The first-order chi connectivity index (χ1) is 9.86. The second kappa shape index (κ2) is 12.0. The smallest absolute Gasteiger partial charge is 0.328 e. The molecule has 2 nitrogen and oxygen atoms in total. The van der Waals surface area contributed by atoms with Gasteiger partial charge in [0.2, 0.25) is 0 Å². The fourth-order valence-electron chi connectivity index (χ4n) is 2.53. The third kappa shape index (κ3) is 8.37. The molecule has 0 aliphatic rings. The highest BCUT2D eigenvalue weighted by atomic mass is 16.2. The molecule has 20 heavy (non-hydrogen) atoms. The number of aromatic nitrogens is 1. The summed E-state index contributed by atoms with van der Waals surface area (Å²) >= 11 is 0. The molecule has 0 aromatic carbocycles. The molecule has 0 aliphatic heterocycles. The number of hydrogen-bond acceptors (Lipinski definition) is 2. The molecule has 111 valence electrons. The number of rotatable bonds is 12. The SMILES string of the molecule is CCCCCCCCCCCCc1cncc([B]O)c1. The topological polar surface area (TPSA) is 33.1 Å². The fraction of sp³-hybridized carbons (Fsp3) is 0.706. The van der Waals surface area contributed by atoms with Crippen molar-refractivity contribution < 1.29 is 5.02 Å². The van der Waals surface area contributed by atoms with E-state index in [1.54, 1.807) is 6.20 Å². The van der Waals surface area contributed by atoms with Crippen LogP contribution in [0, 0.1) is 0 Å². The van der Waals surface area contributed by atoms with Crippen molar-refractivity contribution in [1.82, 2.24) is 4.98 Å². The molecule has 1 radical (unpaired) electrons. The number of pyridine rings is 1. The van der Waals surface area contributed by atoms with Gasteiger partial charge in [-0.2, -0.15) is 0 Å². The summed E-state index contributed by atoms with van der Waals surface area (Å²) in [5, 5.41) is 8.94. The Labute approximate surface area is 125 Å². The summed E-state index contributed by atoms with van der Waals surface area (Å²) in [4.78, 5) is 4.13. The molecule has 0 fully saturated rings. The summed E-state index contributed by atoms with van der Waals surface area (Å²) in [7, 11) is 1.12. The van der Waals surface area contributed by atoms with Gasteiger partial charge in [0.05, 0.1) is 0 Å². The third-order valence-corrected chi connectivity index (χ3v) is 3.78. The predicted molar refractivity (Wildman–Crippen MR) is 87.4 cm³/mol. The van der Waals surface area contributed by atoms with Gasteiger partial charge in [-0.15, -0.1) is 0 Å². The Balaban J connectivity index is 1.94. The molecule has 0 spiro atoms. The molecule has 0 aliphatic carbocycles. The van der Waals surface area contributed by atoms with E-state index in [2.05, 4.69) is 11.9 Å². The maximum atomic E-state index is 8.94. The summed E-state index contributed by atoms with van der Waals surface area (Å²) in [6.07, 6.45) is 18.3. The molecular weight excluding hydrogens is 245 g/mol. The first-order valence-corrected chi connectivity index (χ1v) is 8.28. The zero-order valence-corrected chi connectivity index (χ0v) is 13.0. The van der Waals surface area contributed by atoms with Gasteiger partial charge < -0.3 is 5.02 Å². The van der Waals surface area contributed by atoms with E-state index in [1.165, 1.54) is 69.8 Å². The molecule has 0 saturated carbocycles. The summed E-state index contributed by atoms with van der Waals surface area (Å²) in [5.41, 5.74) is 2.03. The maximum Gasteiger partial charge on any atom is 0.328 e. The van der Waals surface area contributed by atoms with Gasteiger partial charge in [-0.25, -0.2) is 0 Å². The van der Waals surface area contributed by atoms with Crippen molar-refractivity contribution in [2.24, 2.45) is 0 Å². The van der Waals surface area contributed by atoms with E-state index in [0.717, 1.165) is 19.4 Å². The fourth-order valence-corrected chi connectivity index (χ4v) is 2.53. The Morgan fingerprint density at radius 2 is 1.50 bits per heavy atom. The van der Waals surface area contributed by atoms with Gasteiger partial charge in [-0.3, -0.25) is 4.98 Å². The lowest BCUT2D eigenvalue weighted by Gasteiger charge is -2.04. The van der Waals surface area contributed by atoms with Crippen molar-refractivity contribution in [3.63, 3.8) is 0 Å². The standard InChI is InChI=1S/C17H29BNO/c1-2-3-4-5-6-7-8-9-10-11-12-16-13-17(18-20)15-19-14-16/h13-15,20H,2-12H2,1H3. The van der Waals surface area contributed by atoms with Gasteiger partial charge in [0.1, 0.15) is 0 Å². The lowest BCUT2D eigenvalue weighted by molar-refractivity contribution is 0.556. The highest BCUT2D eigenvalue weighted by Gasteiger charge is 1.98. The van der Waals surface area contributed by atoms with Gasteiger partial charge in [-0.1, -0.05) is 70.8 Å². The summed E-state index contributed by atoms with van der Waals surface area (Å²) in [5.74, 6) is 0. The molecule has 0 bridgehead atoms. The molecule has 0 saturated heterocycles. The van der Waals surface area contributed by atoms with Gasteiger partial charge in [0.15, 0.2) is 0 Å². The van der Waals surface area contributed by atoms with E-state index in [0.29, 0.717) is 0 Å². The van der Waals surface area contributed by atoms with Crippen molar-refractivity contribution in [2.75, 3.05) is 0 Å². The molecule has 0 unspecified atom stereocenters. The van der Waals surface area contributed by atoms with Crippen LogP contribution in [0.25, 0.3) is 0 Å². The minimum Gasteiger partial charge on any atom is -0.450 e. The molecule has 0 amide bonds. The second-order valence-corrected chi connectivity index (χ2v) is 5.69. The van der Waals surface area contributed by atoms with E-state index in [4.69, 9.17) is 5.02 Å². The average molecular weight is 274 g/mol. The van der Waals surface area contributed by atoms with Crippen molar-refractivity contribution in [3.05, 3.63) is 24.0 Å². The van der Waals surface area contributed by atoms with Gasteiger partial charge in [-0.05, 0) is 23.9 Å². The van der Waals surface area contributed by atoms with E-state index in [-0.39, 0.29) is 0 Å². The van der Waals surface area contributed by atoms with Crippen molar-refractivity contribution in [3.8, 4) is 0 Å². The largest absolute Gasteiger partial charge is 0.450 e. The number of hydrogen-bond donors (Lipinski definition) is 1. The van der Waals surface area contributed by atoms with Crippen molar-refractivity contribution in [2.45, 2.75) is 77.6 Å². The van der Waals surface area contributed by atoms with Crippen LogP contribution in [0.4, 0.5) is 0 Å². The van der Waals surface area contributed by atoms with Crippen LogP contribution in [0.1, 0.15) is 76.7 Å². The Bertz CT molecular complexity index is 344.